The van der Waals surface area contributed by atoms with Crippen LogP contribution in [0.2, 0.25) is 0 Å². The molecule has 2 aromatic rings. The van der Waals surface area contributed by atoms with Gasteiger partial charge in [0.15, 0.2) is 11.6 Å². The second-order valence-corrected chi connectivity index (χ2v) is 4.72. The number of carbonyl (C=O) groups excluding carboxylic acids is 1. The van der Waals surface area contributed by atoms with Crippen LogP contribution in [0.25, 0.3) is 0 Å². The third-order valence-electron chi connectivity index (χ3n) is 3.10. The van der Waals surface area contributed by atoms with Gasteiger partial charge in [0, 0.05) is 0 Å². The van der Waals surface area contributed by atoms with E-state index in [1.165, 1.54) is 6.20 Å². The highest BCUT2D eigenvalue weighted by Gasteiger charge is 2.20. The van der Waals surface area contributed by atoms with Gasteiger partial charge in [-0.05, 0) is 38.1 Å². The molecule has 0 bridgehead atoms. The molecule has 1 amide bonds. The molecule has 5 nitrogen and oxygen atoms in total. The molecule has 0 aliphatic heterocycles. The number of nitrogens with two attached hydrogens (primary N) is 1. The zero-order valence-electron chi connectivity index (χ0n) is 12.7. The summed E-state index contributed by atoms with van der Waals surface area (Å²) in [4.78, 5) is 15.1. The van der Waals surface area contributed by atoms with Gasteiger partial charge >= 0.3 is 0 Å². The summed E-state index contributed by atoms with van der Waals surface area (Å²) in [7, 11) is 0. The first-order chi connectivity index (χ1) is 10.9. The lowest BCUT2D eigenvalue weighted by Gasteiger charge is -2.16. The number of rotatable bonds is 6. The second-order valence-electron chi connectivity index (χ2n) is 4.72. The van der Waals surface area contributed by atoms with Crippen LogP contribution < -0.4 is 15.2 Å². The molecule has 0 aliphatic carbocycles. The number of hydrogen-bond acceptors (Lipinski definition) is 4. The number of pyridine rings is 1. The van der Waals surface area contributed by atoms with Gasteiger partial charge in [0.2, 0.25) is 5.82 Å². The molecule has 1 aromatic carbocycles. The van der Waals surface area contributed by atoms with E-state index in [0.29, 0.717) is 18.1 Å². The lowest BCUT2D eigenvalue weighted by molar-refractivity contribution is 0.0995. The summed E-state index contributed by atoms with van der Waals surface area (Å²) < 4.78 is 38.3. The monoisotopic (exact) mass is 322 g/mol. The maximum absolute atomic E-state index is 13.9. The average molecular weight is 322 g/mol. The maximum atomic E-state index is 13.9. The zero-order valence-corrected chi connectivity index (χ0v) is 12.7. The van der Waals surface area contributed by atoms with Crippen molar-refractivity contribution in [3.05, 3.63) is 53.4 Å². The Morgan fingerprint density at radius 1 is 1.26 bits per heavy atom. The van der Waals surface area contributed by atoms with E-state index in [4.69, 9.17) is 15.2 Å². The van der Waals surface area contributed by atoms with E-state index < -0.39 is 29.2 Å². The third-order valence-corrected chi connectivity index (χ3v) is 3.10. The number of carbonyl (C=O) groups is 1. The lowest BCUT2D eigenvalue weighted by Crippen LogP contribution is -2.15. The van der Waals surface area contributed by atoms with E-state index in [-0.39, 0.29) is 5.75 Å². The van der Waals surface area contributed by atoms with Gasteiger partial charge in [-0.1, -0.05) is 0 Å². The van der Waals surface area contributed by atoms with E-state index in [0.717, 1.165) is 12.1 Å². The van der Waals surface area contributed by atoms with Crippen molar-refractivity contribution in [1.82, 2.24) is 4.98 Å². The summed E-state index contributed by atoms with van der Waals surface area (Å²) in [5, 5.41) is 0. The molecule has 0 fully saturated rings. The smallest absolute Gasteiger partial charge is 0.251 e. The molecule has 1 aromatic heterocycles. The fourth-order valence-corrected chi connectivity index (χ4v) is 1.95. The fourth-order valence-electron chi connectivity index (χ4n) is 1.95. The van der Waals surface area contributed by atoms with E-state index in [1.807, 2.05) is 6.92 Å². The highest BCUT2D eigenvalue weighted by Crippen LogP contribution is 2.27. The largest absolute Gasteiger partial charge is 0.492 e. The van der Waals surface area contributed by atoms with Gasteiger partial charge in [-0.3, -0.25) is 9.78 Å². The molecule has 0 saturated carbocycles. The molecule has 2 rings (SSSR count). The Kier molecular flexibility index (Phi) is 5.10. The molecule has 23 heavy (non-hydrogen) atoms. The van der Waals surface area contributed by atoms with E-state index >= 15 is 0 Å². The van der Waals surface area contributed by atoms with Crippen molar-refractivity contribution in [2.24, 2.45) is 5.73 Å². The molecule has 122 valence electrons. The minimum absolute atomic E-state index is 0.323. The Bertz CT molecular complexity index is 705. The normalized spacial score (nSPS) is 11.8. The maximum Gasteiger partial charge on any atom is 0.251 e. The molecule has 0 saturated heterocycles. The van der Waals surface area contributed by atoms with Crippen LogP contribution in [0.3, 0.4) is 0 Å². The number of hydrogen-bond donors (Lipinski definition) is 1. The molecule has 1 heterocycles. The summed E-state index contributed by atoms with van der Waals surface area (Å²) in [5.41, 5.74) is 4.95. The lowest BCUT2D eigenvalue weighted by atomic mass is 10.2. The quantitative estimate of drug-likeness (QED) is 0.887. The van der Waals surface area contributed by atoms with E-state index in [9.17, 15) is 13.6 Å². The molecule has 0 radical (unpaired) electrons. The predicted molar refractivity (Wildman–Crippen MR) is 79.3 cm³/mol. The van der Waals surface area contributed by atoms with Crippen molar-refractivity contribution in [1.29, 1.82) is 0 Å². The predicted octanol–water partition coefficient (Wildman–Crippen LogP) is 3.00. The molecule has 0 spiro atoms. The van der Waals surface area contributed by atoms with E-state index in [2.05, 4.69) is 4.98 Å². The second kappa shape index (κ2) is 7.04. The van der Waals surface area contributed by atoms with Crippen molar-refractivity contribution in [3.63, 3.8) is 0 Å². The Hall–Kier alpha value is -2.70. The first kappa shape index (κ1) is 16.7. The van der Waals surface area contributed by atoms with Gasteiger partial charge in [0.1, 0.15) is 11.9 Å². The Balaban J connectivity index is 2.18. The molecular weight excluding hydrogens is 306 g/mol. The molecule has 2 N–H and O–H groups in total. The summed E-state index contributed by atoms with van der Waals surface area (Å²) in [5.74, 6) is -3.36. The summed E-state index contributed by atoms with van der Waals surface area (Å²) >= 11 is 0. The van der Waals surface area contributed by atoms with Crippen LogP contribution in [0.5, 0.6) is 11.5 Å². The first-order valence-corrected chi connectivity index (χ1v) is 6.97. The van der Waals surface area contributed by atoms with Gasteiger partial charge in [0.25, 0.3) is 5.91 Å². The highest BCUT2D eigenvalue weighted by molar-refractivity contribution is 5.93. The summed E-state index contributed by atoms with van der Waals surface area (Å²) in [6.07, 6.45) is 0.894. The minimum Gasteiger partial charge on any atom is -0.492 e. The molecular formula is C16H16F2N2O3. The van der Waals surface area contributed by atoms with Crippen LogP contribution in [-0.4, -0.2) is 17.5 Å². The van der Waals surface area contributed by atoms with Crippen LogP contribution in [-0.2, 0) is 0 Å². The Morgan fingerprint density at radius 2 is 2.00 bits per heavy atom. The van der Waals surface area contributed by atoms with Crippen molar-refractivity contribution < 1.29 is 23.0 Å². The summed E-state index contributed by atoms with van der Waals surface area (Å²) in [6.45, 7) is 4.01. The highest BCUT2D eigenvalue weighted by atomic mass is 19.2. The van der Waals surface area contributed by atoms with Crippen molar-refractivity contribution in [2.45, 2.75) is 20.0 Å². The van der Waals surface area contributed by atoms with Gasteiger partial charge in [-0.2, -0.15) is 4.39 Å². The standard InChI is InChI=1S/C16H16F2N2O3/c1-3-22-10-4-6-12(20-8-10)9(2)23-13-7-5-11(16(19)21)14(17)15(13)18/h4-9H,3H2,1-2H3,(H2,19,21). The number of primary amides is 1. The number of halogens is 2. The Morgan fingerprint density at radius 3 is 2.57 bits per heavy atom. The van der Waals surface area contributed by atoms with Crippen molar-refractivity contribution in [2.75, 3.05) is 6.61 Å². The van der Waals surface area contributed by atoms with Crippen molar-refractivity contribution >= 4 is 5.91 Å². The molecule has 1 atom stereocenters. The van der Waals surface area contributed by atoms with Crippen LogP contribution in [0.1, 0.15) is 36.0 Å². The van der Waals surface area contributed by atoms with Crippen LogP contribution in [0, 0.1) is 11.6 Å². The van der Waals surface area contributed by atoms with Gasteiger partial charge in [-0.15, -0.1) is 0 Å². The number of aromatic nitrogens is 1. The molecule has 0 aliphatic rings. The van der Waals surface area contributed by atoms with Crippen molar-refractivity contribution in [3.8, 4) is 11.5 Å². The number of amides is 1. The van der Waals surface area contributed by atoms with Gasteiger partial charge in [-0.25, -0.2) is 4.39 Å². The number of ether oxygens (including phenoxy) is 2. The van der Waals surface area contributed by atoms with Gasteiger partial charge in [0.05, 0.1) is 24.1 Å². The van der Waals surface area contributed by atoms with Crippen LogP contribution in [0.4, 0.5) is 8.78 Å². The van der Waals surface area contributed by atoms with Gasteiger partial charge < -0.3 is 15.2 Å². The summed E-state index contributed by atoms with van der Waals surface area (Å²) in [6, 6.07) is 5.61. The number of benzene rings is 1. The third kappa shape index (κ3) is 3.74. The van der Waals surface area contributed by atoms with E-state index in [1.54, 1.807) is 19.1 Å². The first-order valence-electron chi connectivity index (χ1n) is 6.97. The molecule has 7 heteroatoms. The Labute approximate surface area is 132 Å². The number of nitrogens with zero attached hydrogens (tertiary/aromatic N) is 1. The van der Waals surface area contributed by atoms with Crippen LogP contribution >= 0.6 is 0 Å². The molecule has 1 unspecified atom stereocenters. The van der Waals surface area contributed by atoms with Crippen LogP contribution in [0.15, 0.2) is 30.5 Å². The zero-order chi connectivity index (χ0) is 17.0. The SMILES string of the molecule is CCOc1ccc(C(C)Oc2ccc(C(N)=O)c(F)c2F)nc1. The minimum atomic E-state index is -1.33. The topological polar surface area (TPSA) is 74.4 Å². The average Bonchev–Trinajstić information content (AvgIpc) is 2.52. The fraction of sp³-hybridized carbons (Fsp3) is 0.250.